The van der Waals surface area contributed by atoms with Crippen molar-refractivity contribution in [2.75, 3.05) is 13.1 Å². The quantitative estimate of drug-likeness (QED) is 0.734. The fourth-order valence-corrected chi connectivity index (χ4v) is 3.16. The van der Waals surface area contributed by atoms with Crippen LogP contribution in [0, 0.1) is 16.7 Å². The Morgan fingerprint density at radius 3 is 2.33 bits per heavy atom. The van der Waals surface area contributed by atoms with E-state index in [0.717, 1.165) is 12.5 Å². The average molecular weight is 255 g/mol. The van der Waals surface area contributed by atoms with Gasteiger partial charge in [0.05, 0.1) is 5.41 Å². The van der Waals surface area contributed by atoms with Gasteiger partial charge in [-0.1, -0.05) is 26.7 Å². The number of nitrogens with one attached hydrogen (secondary N) is 1. The molecule has 0 unspecified atom stereocenters. The summed E-state index contributed by atoms with van der Waals surface area (Å²) in [6.45, 7) is 9.66. The lowest BCUT2D eigenvalue weighted by Crippen LogP contribution is -2.41. The molecule has 0 aromatic rings. The highest BCUT2D eigenvalue weighted by molar-refractivity contribution is 5.73. The summed E-state index contributed by atoms with van der Waals surface area (Å²) in [5.41, 5.74) is -0.250. The molecule has 0 bridgehead atoms. The molecule has 0 aliphatic heterocycles. The van der Waals surface area contributed by atoms with E-state index in [1.54, 1.807) is 13.8 Å². The van der Waals surface area contributed by atoms with E-state index in [4.69, 9.17) is 5.11 Å². The van der Waals surface area contributed by atoms with Crippen molar-refractivity contribution in [3.8, 4) is 0 Å². The van der Waals surface area contributed by atoms with Crippen molar-refractivity contribution < 1.29 is 9.90 Å². The van der Waals surface area contributed by atoms with E-state index >= 15 is 0 Å². The minimum absolute atomic E-state index is 0.419. The first-order valence-corrected chi connectivity index (χ1v) is 7.22. The molecule has 1 saturated carbocycles. The topological polar surface area (TPSA) is 49.3 Å². The Hall–Kier alpha value is -0.570. The van der Waals surface area contributed by atoms with E-state index in [0.29, 0.717) is 12.0 Å². The minimum atomic E-state index is -0.723. The number of carbonyl (C=O) groups is 1. The maximum atomic E-state index is 11.1. The second-order valence-electron chi connectivity index (χ2n) is 7.10. The van der Waals surface area contributed by atoms with Crippen LogP contribution in [0.1, 0.15) is 59.8 Å². The van der Waals surface area contributed by atoms with E-state index in [2.05, 4.69) is 19.2 Å². The number of aliphatic carboxylic acids is 1. The zero-order valence-corrected chi connectivity index (χ0v) is 12.4. The molecular formula is C15H29NO2. The summed E-state index contributed by atoms with van der Waals surface area (Å²) >= 11 is 0. The second-order valence-corrected chi connectivity index (χ2v) is 7.10. The monoisotopic (exact) mass is 255 g/mol. The second kappa shape index (κ2) is 6.05. The summed E-state index contributed by atoms with van der Waals surface area (Å²) in [7, 11) is 0. The van der Waals surface area contributed by atoms with Crippen LogP contribution < -0.4 is 5.32 Å². The molecule has 0 radical (unpaired) electrons. The number of hydrogen-bond acceptors (Lipinski definition) is 2. The van der Waals surface area contributed by atoms with Crippen LogP contribution in [0.5, 0.6) is 0 Å². The fraction of sp³-hybridized carbons (Fsp3) is 0.933. The molecule has 3 heteroatoms. The lowest BCUT2D eigenvalue weighted by Gasteiger charge is -2.32. The van der Waals surface area contributed by atoms with E-state index in [-0.39, 0.29) is 0 Å². The fourth-order valence-electron chi connectivity index (χ4n) is 3.16. The predicted molar refractivity (Wildman–Crippen MR) is 74.6 cm³/mol. The highest BCUT2D eigenvalue weighted by atomic mass is 16.4. The normalized spacial score (nSPS) is 19.4. The van der Waals surface area contributed by atoms with Gasteiger partial charge in [-0.05, 0) is 44.4 Å². The van der Waals surface area contributed by atoms with E-state index in [9.17, 15) is 4.79 Å². The minimum Gasteiger partial charge on any atom is -0.481 e. The van der Waals surface area contributed by atoms with Crippen molar-refractivity contribution >= 4 is 5.97 Å². The molecule has 2 N–H and O–H groups in total. The molecular weight excluding hydrogens is 226 g/mol. The van der Waals surface area contributed by atoms with Gasteiger partial charge in [-0.25, -0.2) is 0 Å². The summed E-state index contributed by atoms with van der Waals surface area (Å²) in [4.78, 5) is 11.1. The van der Waals surface area contributed by atoms with Gasteiger partial charge in [0.25, 0.3) is 0 Å². The third-order valence-electron chi connectivity index (χ3n) is 4.15. The highest BCUT2D eigenvalue weighted by Gasteiger charge is 2.35. The molecule has 0 spiro atoms. The molecule has 1 fully saturated rings. The summed E-state index contributed by atoms with van der Waals surface area (Å²) in [6, 6.07) is 0. The van der Waals surface area contributed by atoms with Gasteiger partial charge in [0.1, 0.15) is 0 Å². The summed E-state index contributed by atoms with van der Waals surface area (Å²) in [5.74, 6) is -0.00304. The van der Waals surface area contributed by atoms with Crippen LogP contribution in [0.4, 0.5) is 0 Å². The molecule has 0 heterocycles. The SMILES string of the molecule is CC(C)CC1(CNCC(C)(C)C(=O)O)CCCC1. The highest BCUT2D eigenvalue weighted by Crippen LogP contribution is 2.42. The predicted octanol–water partition coefficient (Wildman–Crippen LogP) is 3.29. The zero-order valence-electron chi connectivity index (χ0n) is 12.4. The van der Waals surface area contributed by atoms with Crippen LogP contribution in [0.25, 0.3) is 0 Å². The molecule has 1 rings (SSSR count). The lowest BCUT2D eigenvalue weighted by atomic mass is 9.78. The molecule has 0 amide bonds. The van der Waals surface area contributed by atoms with Gasteiger partial charge in [0.2, 0.25) is 0 Å². The molecule has 3 nitrogen and oxygen atoms in total. The lowest BCUT2D eigenvalue weighted by molar-refractivity contribution is -0.146. The van der Waals surface area contributed by atoms with Crippen molar-refractivity contribution in [1.82, 2.24) is 5.32 Å². The van der Waals surface area contributed by atoms with Crippen LogP contribution in [0.3, 0.4) is 0 Å². The molecule has 1 aliphatic carbocycles. The molecule has 0 aromatic carbocycles. The largest absolute Gasteiger partial charge is 0.481 e. The Balaban J connectivity index is 2.46. The third kappa shape index (κ3) is 4.27. The molecule has 0 atom stereocenters. The Bertz CT molecular complexity index is 278. The van der Waals surface area contributed by atoms with Gasteiger partial charge in [-0.15, -0.1) is 0 Å². The van der Waals surface area contributed by atoms with Gasteiger partial charge >= 0.3 is 5.97 Å². The average Bonchev–Trinajstić information content (AvgIpc) is 2.65. The molecule has 18 heavy (non-hydrogen) atoms. The number of carboxylic acids is 1. The van der Waals surface area contributed by atoms with E-state index < -0.39 is 11.4 Å². The number of carboxylic acid groups (broad SMARTS) is 1. The first-order chi connectivity index (χ1) is 8.27. The summed E-state index contributed by atoms with van der Waals surface area (Å²) in [5, 5.41) is 12.5. The first-order valence-electron chi connectivity index (χ1n) is 7.22. The zero-order chi connectivity index (χ0) is 13.8. The van der Waals surface area contributed by atoms with Gasteiger partial charge in [-0.3, -0.25) is 4.79 Å². The van der Waals surface area contributed by atoms with Crippen molar-refractivity contribution in [2.24, 2.45) is 16.7 Å². The van der Waals surface area contributed by atoms with E-state index in [1.807, 2.05) is 0 Å². The van der Waals surface area contributed by atoms with Crippen LogP contribution in [0.15, 0.2) is 0 Å². The van der Waals surface area contributed by atoms with Crippen molar-refractivity contribution in [3.05, 3.63) is 0 Å². The summed E-state index contributed by atoms with van der Waals surface area (Å²) in [6.07, 6.45) is 6.51. The number of hydrogen-bond donors (Lipinski definition) is 2. The smallest absolute Gasteiger partial charge is 0.310 e. The van der Waals surface area contributed by atoms with Crippen LogP contribution in [-0.4, -0.2) is 24.2 Å². The van der Waals surface area contributed by atoms with Gasteiger partial charge in [-0.2, -0.15) is 0 Å². The Morgan fingerprint density at radius 2 is 1.89 bits per heavy atom. The van der Waals surface area contributed by atoms with Crippen molar-refractivity contribution in [3.63, 3.8) is 0 Å². The Kier molecular flexibility index (Phi) is 5.20. The standard InChI is InChI=1S/C15H29NO2/c1-12(2)9-15(7-5-6-8-15)11-16-10-14(3,4)13(17)18/h12,16H,5-11H2,1-4H3,(H,17,18). The maximum absolute atomic E-state index is 11.1. The molecule has 1 aliphatic rings. The maximum Gasteiger partial charge on any atom is 0.310 e. The van der Waals surface area contributed by atoms with Crippen LogP contribution in [-0.2, 0) is 4.79 Å². The molecule has 0 saturated heterocycles. The van der Waals surface area contributed by atoms with Crippen molar-refractivity contribution in [2.45, 2.75) is 59.8 Å². The van der Waals surface area contributed by atoms with Crippen LogP contribution in [0.2, 0.25) is 0 Å². The first kappa shape index (κ1) is 15.5. The Labute approximate surface area is 111 Å². The molecule has 106 valence electrons. The summed E-state index contributed by atoms with van der Waals surface area (Å²) < 4.78 is 0. The van der Waals surface area contributed by atoms with E-state index in [1.165, 1.54) is 32.1 Å². The van der Waals surface area contributed by atoms with Crippen molar-refractivity contribution in [1.29, 1.82) is 0 Å². The van der Waals surface area contributed by atoms with Gasteiger partial charge in [0, 0.05) is 13.1 Å². The molecule has 0 aromatic heterocycles. The van der Waals surface area contributed by atoms with Gasteiger partial charge in [0.15, 0.2) is 0 Å². The number of rotatable bonds is 7. The Morgan fingerprint density at radius 1 is 1.33 bits per heavy atom. The van der Waals surface area contributed by atoms with Gasteiger partial charge < -0.3 is 10.4 Å². The third-order valence-corrected chi connectivity index (χ3v) is 4.15. The van der Waals surface area contributed by atoms with Crippen LogP contribution >= 0.6 is 0 Å².